The Morgan fingerprint density at radius 3 is 2.71 bits per heavy atom. The molecule has 1 aliphatic rings. The molecule has 2 amide bonds. The van der Waals surface area contributed by atoms with Gasteiger partial charge in [0.15, 0.2) is 0 Å². The molecule has 4 N–H and O–H groups in total. The number of carbonyl (C=O) groups excluding carboxylic acids is 2. The van der Waals surface area contributed by atoms with E-state index in [4.69, 9.17) is 4.74 Å². The molecule has 0 bridgehead atoms. The predicted octanol–water partition coefficient (Wildman–Crippen LogP) is 1.34. The molecule has 0 spiro atoms. The van der Waals surface area contributed by atoms with Crippen molar-refractivity contribution in [1.29, 1.82) is 0 Å². The van der Waals surface area contributed by atoms with Gasteiger partial charge in [0.05, 0.1) is 7.11 Å². The second-order valence-electron chi connectivity index (χ2n) is 6.45. The molecule has 28 heavy (non-hydrogen) atoms. The highest BCUT2D eigenvalue weighted by atomic mass is 16.5. The van der Waals surface area contributed by atoms with Crippen LogP contribution in [0.1, 0.15) is 18.5 Å². The summed E-state index contributed by atoms with van der Waals surface area (Å²) in [5, 5.41) is 11.8. The van der Waals surface area contributed by atoms with Crippen LogP contribution < -0.4 is 26.0 Å². The summed E-state index contributed by atoms with van der Waals surface area (Å²) < 4.78 is 5.15. The molecule has 0 radical (unpaired) electrons. The normalized spacial score (nSPS) is 15.6. The Bertz CT molecular complexity index is 840. The number of hydrogen-bond donors (Lipinski definition) is 4. The number of amides is 2. The summed E-state index contributed by atoms with van der Waals surface area (Å²) >= 11 is 0. The largest absolute Gasteiger partial charge is 0.497 e. The van der Waals surface area contributed by atoms with E-state index in [1.54, 1.807) is 7.11 Å². The molecule has 1 unspecified atom stereocenters. The SMILES string of the molecule is COc1ccc(Nc2cc(C)nc(NCCNC(=O)C3CCC(=O)N3)n2)cc1. The number of benzene rings is 1. The van der Waals surface area contributed by atoms with E-state index in [1.165, 1.54) is 0 Å². The van der Waals surface area contributed by atoms with Crippen molar-refractivity contribution in [3.63, 3.8) is 0 Å². The quantitative estimate of drug-likeness (QED) is 0.508. The van der Waals surface area contributed by atoms with E-state index in [-0.39, 0.29) is 11.8 Å². The first-order chi connectivity index (χ1) is 13.5. The van der Waals surface area contributed by atoms with Crippen LogP contribution in [-0.2, 0) is 9.59 Å². The molecular weight excluding hydrogens is 360 g/mol. The van der Waals surface area contributed by atoms with Gasteiger partial charge < -0.3 is 26.0 Å². The number of anilines is 3. The van der Waals surface area contributed by atoms with Crippen LogP contribution in [0.4, 0.5) is 17.5 Å². The predicted molar refractivity (Wildman–Crippen MR) is 106 cm³/mol. The molecule has 2 heterocycles. The molecule has 2 aromatic rings. The average Bonchev–Trinajstić information content (AvgIpc) is 3.12. The fraction of sp³-hybridized carbons (Fsp3) is 0.368. The van der Waals surface area contributed by atoms with Gasteiger partial charge in [0.2, 0.25) is 17.8 Å². The van der Waals surface area contributed by atoms with E-state index in [0.717, 1.165) is 17.1 Å². The van der Waals surface area contributed by atoms with Gasteiger partial charge in [0, 0.05) is 37.0 Å². The molecule has 148 valence electrons. The van der Waals surface area contributed by atoms with Crippen molar-refractivity contribution in [2.75, 3.05) is 30.8 Å². The molecule has 0 aliphatic carbocycles. The standard InChI is InChI=1S/C19H24N6O3/c1-12-11-16(23-13-3-5-14(28-2)6-4-13)25-19(22-12)21-10-9-20-18(27)15-7-8-17(26)24-15/h3-6,11,15H,7-10H2,1-2H3,(H,20,27)(H,24,26)(H2,21,22,23,25). The van der Waals surface area contributed by atoms with Gasteiger partial charge in [-0.3, -0.25) is 9.59 Å². The van der Waals surface area contributed by atoms with Crippen LogP contribution >= 0.6 is 0 Å². The van der Waals surface area contributed by atoms with Crippen molar-refractivity contribution in [3.8, 4) is 5.75 Å². The summed E-state index contributed by atoms with van der Waals surface area (Å²) in [4.78, 5) is 31.9. The van der Waals surface area contributed by atoms with Crippen LogP contribution in [0.2, 0.25) is 0 Å². The number of carbonyl (C=O) groups is 2. The molecule has 1 atom stereocenters. The van der Waals surface area contributed by atoms with E-state index >= 15 is 0 Å². The van der Waals surface area contributed by atoms with Crippen LogP contribution in [0, 0.1) is 6.92 Å². The highest BCUT2D eigenvalue weighted by Crippen LogP contribution is 2.19. The first-order valence-electron chi connectivity index (χ1n) is 9.11. The second-order valence-corrected chi connectivity index (χ2v) is 6.45. The Labute approximate surface area is 163 Å². The van der Waals surface area contributed by atoms with Gasteiger partial charge in [-0.05, 0) is 37.6 Å². The summed E-state index contributed by atoms with van der Waals surface area (Å²) in [6, 6.07) is 8.96. The van der Waals surface area contributed by atoms with Crippen LogP contribution in [0.15, 0.2) is 30.3 Å². The molecule has 9 nitrogen and oxygen atoms in total. The zero-order valence-corrected chi connectivity index (χ0v) is 15.9. The Balaban J connectivity index is 1.50. The molecule has 1 saturated heterocycles. The Hall–Kier alpha value is -3.36. The van der Waals surface area contributed by atoms with Crippen molar-refractivity contribution >= 4 is 29.3 Å². The number of nitrogens with zero attached hydrogens (tertiary/aromatic N) is 2. The van der Waals surface area contributed by atoms with Gasteiger partial charge >= 0.3 is 0 Å². The van der Waals surface area contributed by atoms with Crippen LogP contribution in [0.25, 0.3) is 0 Å². The summed E-state index contributed by atoms with van der Waals surface area (Å²) in [6.07, 6.45) is 0.941. The number of aryl methyl sites for hydroxylation is 1. The summed E-state index contributed by atoms with van der Waals surface area (Å²) in [5.41, 5.74) is 1.70. The highest BCUT2D eigenvalue weighted by Gasteiger charge is 2.26. The zero-order chi connectivity index (χ0) is 19.9. The third kappa shape index (κ3) is 5.32. The molecule has 0 saturated carbocycles. The van der Waals surface area contributed by atoms with Gasteiger partial charge in [-0.2, -0.15) is 4.98 Å². The summed E-state index contributed by atoms with van der Waals surface area (Å²) in [7, 11) is 1.63. The maximum atomic E-state index is 12.0. The average molecular weight is 384 g/mol. The first-order valence-corrected chi connectivity index (χ1v) is 9.11. The van der Waals surface area contributed by atoms with Crippen LogP contribution in [-0.4, -0.2) is 48.0 Å². The minimum atomic E-state index is -0.428. The van der Waals surface area contributed by atoms with E-state index < -0.39 is 6.04 Å². The Morgan fingerprint density at radius 1 is 1.25 bits per heavy atom. The first kappa shape index (κ1) is 19.4. The Kier molecular flexibility index (Phi) is 6.25. The number of hydrogen-bond acceptors (Lipinski definition) is 7. The lowest BCUT2D eigenvalue weighted by Crippen LogP contribution is -2.43. The lowest BCUT2D eigenvalue weighted by molar-refractivity contribution is -0.125. The minimum Gasteiger partial charge on any atom is -0.497 e. The van der Waals surface area contributed by atoms with Crippen LogP contribution in [0.5, 0.6) is 5.75 Å². The number of ether oxygens (including phenoxy) is 1. The lowest BCUT2D eigenvalue weighted by atomic mass is 10.2. The van der Waals surface area contributed by atoms with Crippen molar-refractivity contribution in [3.05, 3.63) is 36.0 Å². The molecule has 9 heteroatoms. The second kappa shape index (κ2) is 9.03. The minimum absolute atomic E-state index is 0.0803. The Morgan fingerprint density at radius 2 is 2.04 bits per heavy atom. The topological polar surface area (TPSA) is 117 Å². The zero-order valence-electron chi connectivity index (χ0n) is 15.9. The third-order valence-corrected chi connectivity index (χ3v) is 4.24. The lowest BCUT2D eigenvalue weighted by Gasteiger charge is -2.12. The van der Waals surface area contributed by atoms with Gasteiger partial charge in [0.1, 0.15) is 17.6 Å². The fourth-order valence-corrected chi connectivity index (χ4v) is 2.83. The maximum absolute atomic E-state index is 12.0. The van der Waals surface area contributed by atoms with E-state index in [1.807, 2.05) is 37.3 Å². The summed E-state index contributed by atoms with van der Waals surface area (Å²) in [6.45, 7) is 2.76. The monoisotopic (exact) mass is 384 g/mol. The van der Waals surface area contributed by atoms with Crippen molar-refractivity contribution in [1.82, 2.24) is 20.6 Å². The maximum Gasteiger partial charge on any atom is 0.242 e. The smallest absolute Gasteiger partial charge is 0.242 e. The van der Waals surface area contributed by atoms with Gasteiger partial charge in [-0.25, -0.2) is 4.98 Å². The number of rotatable bonds is 8. The number of methoxy groups -OCH3 is 1. The molecule has 1 aromatic heterocycles. The summed E-state index contributed by atoms with van der Waals surface area (Å²) in [5.74, 6) is 1.67. The fourth-order valence-electron chi connectivity index (χ4n) is 2.83. The van der Waals surface area contributed by atoms with Gasteiger partial charge in [0.25, 0.3) is 0 Å². The molecule has 3 rings (SSSR count). The molecule has 1 aliphatic heterocycles. The number of aromatic nitrogens is 2. The van der Waals surface area contributed by atoms with E-state index in [2.05, 4.69) is 31.2 Å². The van der Waals surface area contributed by atoms with Gasteiger partial charge in [-0.15, -0.1) is 0 Å². The molecular formula is C19H24N6O3. The van der Waals surface area contributed by atoms with E-state index in [0.29, 0.717) is 37.7 Å². The van der Waals surface area contributed by atoms with Crippen molar-refractivity contribution in [2.24, 2.45) is 0 Å². The van der Waals surface area contributed by atoms with Gasteiger partial charge in [-0.1, -0.05) is 0 Å². The third-order valence-electron chi connectivity index (χ3n) is 4.24. The van der Waals surface area contributed by atoms with E-state index in [9.17, 15) is 9.59 Å². The highest BCUT2D eigenvalue weighted by molar-refractivity contribution is 5.90. The van der Waals surface area contributed by atoms with Crippen LogP contribution in [0.3, 0.4) is 0 Å². The number of nitrogens with one attached hydrogen (secondary N) is 4. The van der Waals surface area contributed by atoms with Crippen molar-refractivity contribution < 1.29 is 14.3 Å². The molecule has 1 fully saturated rings. The van der Waals surface area contributed by atoms with Crippen molar-refractivity contribution in [2.45, 2.75) is 25.8 Å². The molecule has 1 aromatic carbocycles.